The average Bonchev–Trinajstić information content (AvgIpc) is 3.18. The van der Waals surface area contributed by atoms with Gasteiger partial charge in [-0.1, -0.05) is 42.0 Å². The van der Waals surface area contributed by atoms with E-state index in [4.69, 9.17) is 0 Å². The molecule has 0 bridgehead atoms. The van der Waals surface area contributed by atoms with Crippen LogP contribution in [-0.2, 0) is 20.1 Å². The van der Waals surface area contributed by atoms with E-state index in [0.717, 1.165) is 56.2 Å². The van der Waals surface area contributed by atoms with E-state index in [2.05, 4.69) is 50.3 Å². The maximum atomic E-state index is 12.7. The highest BCUT2D eigenvalue weighted by Gasteiger charge is 2.21. The van der Waals surface area contributed by atoms with Crippen molar-refractivity contribution in [2.75, 3.05) is 26.2 Å². The van der Waals surface area contributed by atoms with Gasteiger partial charge in [0.1, 0.15) is 0 Å². The molecule has 1 saturated heterocycles. The van der Waals surface area contributed by atoms with Gasteiger partial charge in [0.15, 0.2) is 5.82 Å². The van der Waals surface area contributed by atoms with Crippen LogP contribution in [0.5, 0.6) is 0 Å². The van der Waals surface area contributed by atoms with Gasteiger partial charge in [-0.15, -0.1) is 10.2 Å². The third kappa shape index (κ3) is 3.40. The smallest absolute Gasteiger partial charge is 0.262 e. The molecule has 1 fully saturated rings. The molecule has 0 atom stereocenters. The number of piperazine rings is 1. The fourth-order valence-electron chi connectivity index (χ4n) is 4.31. The molecule has 154 valence electrons. The lowest BCUT2D eigenvalue weighted by Gasteiger charge is -2.34. The molecule has 0 amide bonds. The summed E-state index contributed by atoms with van der Waals surface area (Å²) < 4.78 is 3.63. The number of nitrogens with zero attached hydrogens (tertiary/aromatic N) is 6. The maximum absolute atomic E-state index is 12.7. The van der Waals surface area contributed by atoms with Crippen LogP contribution in [0.15, 0.2) is 53.3 Å². The number of aryl methyl sites for hydroxylation is 2. The zero-order valence-corrected chi connectivity index (χ0v) is 17.5. The van der Waals surface area contributed by atoms with E-state index in [1.54, 1.807) is 11.6 Å². The second kappa shape index (κ2) is 7.66. The minimum atomic E-state index is -0.0327. The van der Waals surface area contributed by atoms with Gasteiger partial charge in [0, 0.05) is 39.8 Å². The van der Waals surface area contributed by atoms with Crippen molar-refractivity contribution >= 4 is 16.7 Å². The van der Waals surface area contributed by atoms with Gasteiger partial charge < -0.3 is 0 Å². The first-order valence-corrected chi connectivity index (χ1v) is 10.4. The Labute approximate surface area is 175 Å². The summed E-state index contributed by atoms with van der Waals surface area (Å²) in [5, 5.41) is 9.48. The molecular formula is C23H26N6O. The van der Waals surface area contributed by atoms with Gasteiger partial charge in [0.25, 0.3) is 5.56 Å². The van der Waals surface area contributed by atoms with Crippen molar-refractivity contribution in [3.63, 3.8) is 0 Å². The third-order valence-corrected chi connectivity index (χ3v) is 6.02. The molecule has 0 spiro atoms. The predicted molar refractivity (Wildman–Crippen MR) is 117 cm³/mol. The summed E-state index contributed by atoms with van der Waals surface area (Å²) in [7, 11) is 1.76. The first kappa shape index (κ1) is 19.0. The fourth-order valence-corrected chi connectivity index (χ4v) is 4.31. The Morgan fingerprint density at radius 1 is 0.900 bits per heavy atom. The Balaban J connectivity index is 1.38. The van der Waals surface area contributed by atoms with E-state index in [1.807, 2.05) is 29.5 Å². The van der Waals surface area contributed by atoms with E-state index in [9.17, 15) is 4.79 Å². The van der Waals surface area contributed by atoms with Crippen molar-refractivity contribution < 1.29 is 0 Å². The van der Waals surface area contributed by atoms with Gasteiger partial charge in [-0.3, -0.25) is 23.6 Å². The molecule has 3 heterocycles. The Bertz CT molecular complexity index is 1250. The largest absolute Gasteiger partial charge is 0.297 e. The minimum absolute atomic E-state index is 0.0327. The number of aromatic nitrogens is 4. The van der Waals surface area contributed by atoms with Gasteiger partial charge in [0.2, 0.25) is 5.78 Å². The van der Waals surface area contributed by atoms with Crippen LogP contribution in [0.25, 0.3) is 16.7 Å². The summed E-state index contributed by atoms with van der Waals surface area (Å²) in [6, 6.07) is 16.6. The number of hydrogen-bond donors (Lipinski definition) is 0. The standard InChI is InChI=1S/C23H26N6O/c1-17-8-9-20-19(14-17)22(30)26(2)23-25-24-21(29(20)23)16-28-12-10-27(11-13-28)15-18-6-4-3-5-7-18/h3-9,14H,10-13,15-16H2,1-2H3. The lowest BCUT2D eigenvalue weighted by Crippen LogP contribution is -2.45. The maximum Gasteiger partial charge on any atom is 0.262 e. The van der Waals surface area contributed by atoms with Gasteiger partial charge in [-0.2, -0.15) is 0 Å². The Kier molecular flexibility index (Phi) is 4.84. The normalized spacial score (nSPS) is 15.9. The Morgan fingerprint density at radius 2 is 1.60 bits per heavy atom. The van der Waals surface area contributed by atoms with Gasteiger partial charge in [-0.05, 0) is 24.6 Å². The molecule has 30 heavy (non-hydrogen) atoms. The number of fused-ring (bicyclic) bond motifs is 3. The van der Waals surface area contributed by atoms with Crippen molar-refractivity contribution in [1.29, 1.82) is 0 Å². The van der Waals surface area contributed by atoms with Crippen LogP contribution in [0.2, 0.25) is 0 Å². The highest BCUT2D eigenvalue weighted by atomic mass is 16.1. The summed E-state index contributed by atoms with van der Waals surface area (Å²) in [6.07, 6.45) is 0. The second-order valence-electron chi connectivity index (χ2n) is 8.17. The first-order chi connectivity index (χ1) is 14.6. The molecule has 1 aliphatic rings. The number of hydrogen-bond acceptors (Lipinski definition) is 5. The topological polar surface area (TPSA) is 58.7 Å². The molecule has 0 unspecified atom stereocenters. The SMILES string of the molecule is Cc1ccc2c(c1)c(=O)n(C)c1nnc(CN3CCN(Cc4ccccc4)CC3)n21. The molecule has 7 nitrogen and oxygen atoms in total. The van der Waals surface area contributed by atoms with Crippen LogP contribution in [-0.4, -0.2) is 55.1 Å². The van der Waals surface area contributed by atoms with Crippen LogP contribution in [0.1, 0.15) is 17.0 Å². The number of rotatable bonds is 4. The van der Waals surface area contributed by atoms with Crippen molar-refractivity contribution in [2.24, 2.45) is 7.05 Å². The van der Waals surface area contributed by atoms with Gasteiger partial charge >= 0.3 is 0 Å². The summed E-state index contributed by atoms with van der Waals surface area (Å²) in [5.74, 6) is 1.47. The van der Waals surface area contributed by atoms with E-state index < -0.39 is 0 Å². The summed E-state index contributed by atoms with van der Waals surface area (Å²) in [5.41, 5.74) is 3.27. The van der Waals surface area contributed by atoms with Crippen LogP contribution in [0.3, 0.4) is 0 Å². The Hall–Kier alpha value is -3.03. The van der Waals surface area contributed by atoms with Crippen LogP contribution >= 0.6 is 0 Å². The van der Waals surface area contributed by atoms with Crippen molar-refractivity contribution in [3.05, 3.63) is 75.8 Å². The third-order valence-electron chi connectivity index (χ3n) is 6.02. The molecule has 5 rings (SSSR count). The minimum Gasteiger partial charge on any atom is -0.297 e. The quantitative estimate of drug-likeness (QED) is 0.524. The predicted octanol–water partition coefficient (Wildman–Crippen LogP) is 2.21. The zero-order valence-electron chi connectivity index (χ0n) is 17.5. The molecule has 7 heteroatoms. The highest BCUT2D eigenvalue weighted by Crippen LogP contribution is 2.17. The molecule has 2 aromatic heterocycles. The molecular weight excluding hydrogens is 376 g/mol. The van der Waals surface area contributed by atoms with E-state index in [-0.39, 0.29) is 5.56 Å². The van der Waals surface area contributed by atoms with Crippen molar-refractivity contribution in [3.8, 4) is 0 Å². The van der Waals surface area contributed by atoms with E-state index in [0.29, 0.717) is 11.2 Å². The number of benzene rings is 2. The van der Waals surface area contributed by atoms with Gasteiger partial charge in [0.05, 0.1) is 17.4 Å². The Morgan fingerprint density at radius 3 is 2.33 bits per heavy atom. The molecule has 1 aliphatic heterocycles. The van der Waals surface area contributed by atoms with Crippen molar-refractivity contribution in [1.82, 2.24) is 29.0 Å². The zero-order chi connectivity index (χ0) is 20.7. The van der Waals surface area contributed by atoms with Gasteiger partial charge in [-0.25, -0.2) is 0 Å². The second-order valence-corrected chi connectivity index (χ2v) is 8.17. The van der Waals surface area contributed by atoms with Crippen LogP contribution < -0.4 is 5.56 Å². The summed E-state index contributed by atoms with van der Waals surface area (Å²) in [6.45, 7) is 7.77. The molecule has 0 aliphatic carbocycles. The molecule has 2 aromatic carbocycles. The lowest BCUT2D eigenvalue weighted by atomic mass is 10.1. The van der Waals surface area contributed by atoms with Crippen molar-refractivity contribution in [2.45, 2.75) is 20.0 Å². The summed E-state index contributed by atoms with van der Waals surface area (Å²) >= 11 is 0. The average molecular weight is 403 g/mol. The van der Waals surface area contributed by atoms with Crippen LogP contribution in [0.4, 0.5) is 0 Å². The molecule has 0 N–H and O–H groups in total. The highest BCUT2D eigenvalue weighted by molar-refractivity contribution is 5.81. The summed E-state index contributed by atoms with van der Waals surface area (Å²) in [4.78, 5) is 17.7. The first-order valence-electron chi connectivity index (χ1n) is 10.4. The van der Waals surface area contributed by atoms with E-state index >= 15 is 0 Å². The van der Waals surface area contributed by atoms with E-state index in [1.165, 1.54) is 5.56 Å². The molecule has 0 saturated carbocycles. The monoisotopic (exact) mass is 402 g/mol. The fraction of sp³-hybridized carbons (Fsp3) is 0.348. The molecule has 4 aromatic rings. The molecule has 0 radical (unpaired) electrons. The van der Waals surface area contributed by atoms with Crippen LogP contribution in [0, 0.1) is 6.92 Å². The lowest BCUT2D eigenvalue weighted by molar-refractivity contribution is 0.119.